The summed E-state index contributed by atoms with van der Waals surface area (Å²) < 4.78 is 32.4. The molecular formula is C12H12O3S. The Labute approximate surface area is 93.8 Å². The summed E-state index contributed by atoms with van der Waals surface area (Å²) in [6.07, 6.45) is 0. The maximum atomic E-state index is 12.3. The summed E-state index contributed by atoms with van der Waals surface area (Å²) in [6, 6.07) is 15.6. The summed E-state index contributed by atoms with van der Waals surface area (Å²) in [5, 5.41) is 0. The van der Waals surface area contributed by atoms with Crippen molar-refractivity contribution in [1.29, 1.82) is 0 Å². The van der Waals surface area contributed by atoms with Crippen LogP contribution in [0.5, 0.6) is 0 Å². The van der Waals surface area contributed by atoms with Crippen LogP contribution in [0.1, 0.15) is 0 Å². The van der Waals surface area contributed by atoms with Crippen LogP contribution in [0.15, 0.2) is 70.5 Å². The van der Waals surface area contributed by atoms with E-state index in [9.17, 15) is 13.3 Å². The highest BCUT2D eigenvalue weighted by Crippen LogP contribution is 2.36. The van der Waals surface area contributed by atoms with Crippen LogP contribution in [0, 0.1) is 0 Å². The van der Waals surface area contributed by atoms with Crippen molar-refractivity contribution < 1.29 is 13.3 Å². The van der Waals surface area contributed by atoms with Crippen LogP contribution in [0.3, 0.4) is 0 Å². The molecule has 0 saturated carbocycles. The van der Waals surface area contributed by atoms with Gasteiger partial charge in [-0.2, -0.15) is 0 Å². The summed E-state index contributed by atoms with van der Waals surface area (Å²) in [6.45, 7) is 0. The van der Waals surface area contributed by atoms with Crippen LogP contribution in [0.4, 0.5) is 0 Å². The smallest absolute Gasteiger partial charge is 0.135 e. The predicted molar refractivity (Wildman–Crippen MR) is 62.8 cm³/mol. The molecule has 0 bridgehead atoms. The van der Waals surface area contributed by atoms with Gasteiger partial charge in [0.2, 0.25) is 0 Å². The lowest BCUT2D eigenvalue weighted by Gasteiger charge is -2.31. The van der Waals surface area contributed by atoms with E-state index >= 15 is 0 Å². The van der Waals surface area contributed by atoms with Crippen LogP contribution >= 0.6 is 0 Å². The summed E-state index contributed by atoms with van der Waals surface area (Å²) in [5.74, 6) is 0. The van der Waals surface area contributed by atoms with Gasteiger partial charge in [-0.3, -0.25) is 0 Å². The zero-order valence-corrected chi connectivity index (χ0v) is 9.30. The Morgan fingerprint density at radius 3 is 1.31 bits per heavy atom. The molecule has 0 spiro atoms. The van der Waals surface area contributed by atoms with E-state index in [1.165, 1.54) is 24.3 Å². The quantitative estimate of drug-likeness (QED) is 0.843. The molecule has 0 aliphatic carbocycles. The highest BCUT2D eigenvalue weighted by Gasteiger charge is 2.34. The molecule has 0 fully saturated rings. The lowest BCUT2D eigenvalue weighted by Crippen LogP contribution is -2.31. The summed E-state index contributed by atoms with van der Waals surface area (Å²) in [7, 11) is -4.91. The summed E-state index contributed by atoms with van der Waals surface area (Å²) in [5.41, 5.74) is 0. The third-order valence-electron chi connectivity index (χ3n) is 2.34. The van der Waals surface area contributed by atoms with Crippen molar-refractivity contribution in [3.63, 3.8) is 0 Å². The second kappa shape index (κ2) is 3.52. The number of rotatable bonds is 2. The van der Waals surface area contributed by atoms with E-state index in [4.69, 9.17) is 0 Å². The van der Waals surface area contributed by atoms with Crippen LogP contribution < -0.4 is 0 Å². The third-order valence-corrected chi connectivity index (χ3v) is 4.58. The molecule has 2 aromatic carbocycles. The third kappa shape index (κ3) is 1.78. The van der Waals surface area contributed by atoms with Gasteiger partial charge in [0, 0.05) is 0 Å². The van der Waals surface area contributed by atoms with E-state index < -0.39 is 9.63 Å². The van der Waals surface area contributed by atoms with Gasteiger partial charge < -0.3 is 9.11 Å². The first-order valence-corrected chi connectivity index (χ1v) is 6.64. The Kier molecular flexibility index (Phi) is 2.42. The van der Waals surface area contributed by atoms with Crippen molar-refractivity contribution in [2.75, 3.05) is 0 Å². The molecule has 0 aliphatic heterocycles. The van der Waals surface area contributed by atoms with Crippen molar-refractivity contribution in [2.45, 2.75) is 9.79 Å². The molecule has 0 amide bonds. The van der Waals surface area contributed by atoms with E-state index in [0.29, 0.717) is 0 Å². The first-order chi connectivity index (χ1) is 7.49. The van der Waals surface area contributed by atoms with Crippen LogP contribution in [-0.4, -0.2) is 13.3 Å². The molecule has 2 aromatic rings. The van der Waals surface area contributed by atoms with Crippen molar-refractivity contribution in [2.24, 2.45) is 0 Å². The Morgan fingerprint density at radius 1 is 0.688 bits per heavy atom. The second-order valence-corrected chi connectivity index (χ2v) is 6.16. The van der Waals surface area contributed by atoms with E-state index in [-0.39, 0.29) is 9.79 Å². The minimum absolute atomic E-state index is 0.00528. The molecule has 0 saturated heterocycles. The Balaban J connectivity index is 2.65. The lowest BCUT2D eigenvalue weighted by atomic mass is 10.4. The summed E-state index contributed by atoms with van der Waals surface area (Å²) in [4.78, 5) is 0.0106. The molecule has 84 valence electrons. The Hall–Kier alpha value is -1.49. The Morgan fingerprint density at radius 2 is 1.00 bits per heavy atom. The van der Waals surface area contributed by atoms with Gasteiger partial charge in [0.25, 0.3) is 0 Å². The molecule has 4 heteroatoms. The first kappa shape index (κ1) is 11.0. The SMILES string of the molecule is O=S(O)(O)(c1ccccc1)c1ccccc1. The largest absolute Gasteiger partial charge is 0.301 e. The molecule has 0 atom stereocenters. The average Bonchev–Trinajstić information content (AvgIpc) is 2.31. The zero-order chi connectivity index (χ0) is 11.7. The van der Waals surface area contributed by atoms with Gasteiger partial charge in [-0.05, 0) is 24.3 Å². The van der Waals surface area contributed by atoms with Gasteiger partial charge in [0.05, 0.1) is 9.79 Å². The lowest BCUT2D eigenvalue weighted by molar-refractivity contribution is 0.389. The molecule has 0 unspecified atom stereocenters. The van der Waals surface area contributed by atoms with E-state index in [1.807, 2.05) is 0 Å². The first-order valence-electron chi connectivity index (χ1n) is 4.76. The highest BCUT2D eigenvalue weighted by molar-refractivity contribution is 8.10. The van der Waals surface area contributed by atoms with E-state index in [1.54, 1.807) is 36.4 Å². The normalized spacial score (nSPS) is 14.0. The molecule has 2 rings (SSSR count). The fourth-order valence-corrected chi connectivity index (χ4v) is 3.04. The Bertz CT molecular complexity index is 497. The van der Waals surface area contributed by atoms with Crippen LogP contribution in [0.25, 0.3) is 0 Å². The van der Waals surface area contributed by atoms with Crippen molar-refractivity contribution >= 4 is 9.63 Å². The van der Waals surface area contributed by atoms with E-state index in [0.717, 1.165) is 0 Å². The van der Waals surface area contributed by atoms with Crippen molar-refractivity contribution in [3.05, 3.63) is 60.7 Å². The summed E-state index contributed by atoms with van der Waals surface area (Å²) >= 11 is 0. The molecule has 0 heterocycles. The van der Waals surface area contributed by atoms with Gasteiger partial charge in [0.1, 0.15) is 9.63 Å². The maximum Gasteiger partial charge on any atom is 0.135 e. The van der Waals surface area contributed by atoms with Crippen LogP contribution in [-0.2, 0) is 9.63 Å². The fourth-order valence-electron chi connectivity index (χ4n) is 1.47. The van der Waals surface area contributed by atoms with Crippen molar-refractivity contribution in [3.8, 4) is 0 Å². The maximum absolute atomic E-state index is 12.3. The molecule has 16 heavy (non-hydrogen) atoms. The number of hydrogen-bond acceptors (Lipinski definition) is 1. The molecule has 3 nitrogen and oxygen atoms in total. The molecule has 0 radical (unpaired) electrons. The fraction of sp³-hybridized carbons (Fsp3) is 0. The van der Waals surface area contributed by atoms with Gasteiger partial charge in [-0.25, -0.2) is 4.21 Å². The average molecular weight is 236 g/mol. The minimum atomic E-state index is -4.91. The molecule has 2 N–H and O–H groups in total. The topological polar surface area (TPSA) is 57.5 Å². The van der Waals surface area contributed by atoms with E-state index in [2.05, 4.69) is 0 Å². The number of hydrogen-bond donors (Lipinski definition) is 2. The number of benzene rings is 2. The monoisotopic (exact) mass is 236 g/mol. The highest BCUT2D eigenvalue weighted by atomic mass is 32.3. The van der Waals surface area contributed by atoms with Gasteiger partial charge in [-0.1, -0.05) is 36.4 Å². The second-order valence-electron chi connectivity index (χ2n) is 3.49. The molecule has 0 aliphatic rings. The van der Waals surface area contributed by atoms with Crippen molar-refractivity contribution in [1.82, 2.24) is 0 Å². The predicted octanol–water partition coefficient (Wildman–Crippen LogP) is 2.87. The van der Waals surface area contributed by atoms with Gasteiger partial charge >= 0.3 is 0 Å². The molecule has 0 aromatic heterocycles. The van der Waals surface area contributed by atoms with Gasteiger partial charge in [0.15, 0.2) is 0 Å². The minimum Gasteiger partial charge on any atom is -0.301 e. The van der Waals surface area contributed by atoms with Crippen LogP contribution in [0.2, 0.25) is 0 Å². The standard InChI is InChI=1S/C12H12O3S/c13-16(14,15,11-7-3-1-4-8-11)12-9-5-2-6-10-12/h1-10H,(H2,13,14,15). The molecular weight excluding hydrogens is 224 g/mol. The zero-order valence-electron chi connectivity index (χ0n) is 8.48. The van der Waals surface area contributed by atoms with Gasteiger partial charge in [-0.15, -0.1) is 0 Å².